The van der Waals surface area contributed by atoms with Gasteiger partial charge in [-0.15, -0.1) is 0 Å². The minimum absolute atomic E-state index is 0.0377. The van der Waals surface area contributed by atoms with Crippen molar-refractivity contribution in [3.05, 3.63) is 42.4 Å². The predicted octanol–water partition coefficient (Wildman–Crippen LogP) is 2.53. The van der Waals surface area contributed by atoms with E-state index >= 15 is 0 Å². The Kier molecular flexibility index (Phi) is 4.44. The molecule has 1 atom stereocenters. The van der Waals surface area contributed by atoms with E-state index in [-0.39, 0.29) is 11.9 Å². The van der Waals surface area contributed by atoms with Crippen LogP contribution in [0.25, 0.3) is 11.3 Å². The van der Waals surface area contributed by atoms with Crippen molar-refractivity contribution in [1.82, 2.24) is 15.3 Å². The summed E-state index contributed by atoms with van der Waals surface area (Å²) in [5.41, 5.74) is 2.63. The second kappa shape index (κ2) is 6.66. The molecule has 1 aliphatic heterocycles. The number of amides is 1. The predicted molar refractivity (Wildman–Crippen MR) is 86.5 cm³/mol. The number of hydrogen-bond donors (Lipinski definition) is 2. The van der Waals surface area contributed by atoms with E-state index in [2.05, 4.69) is 20.6 Å². The van der Waals surface area contributed by atoms with E-state index in [0.29, 0.717) is 0 Å². The number of hydrogen-bond acceptors (Lipinski definition) is 4. The average molecular weight is 296 g/mol. The molecular weight excluding hydrogens is 276 g/mol. The first-order valence-electron chi connectivity index (χ1n) is 7.67. The van der Waals surface area contributed by atoms with E-state index < -0.39 is 0 Å². The zero-order valence-electron chi connectivity index (χ0n) is 12.7. The largest absolute Gasteiger partial charge is 0.325 e. The van der Waals surface area contributed by atoms with Crippen molar-refractivity contribution < 1.29 is 4.79 Å². The molecule has 0 aliphatic carbocycles. The van der Waals surface area contributed by atoms with E-state index in [1.54, 1.807) is 6.20 Å². The molecule has 5 nitrogen and oxygen atoms in total. The Bertz CT molecular complexity index is 665. The first-order valence-corrected chi connectivity index (χ1v) is 7.67. The molecule has 2 N–H and O–H groups in total. The molecule has 2 aromatic rings. The molecule has 0 radical (unpaired) electrons. The van der Waals surface area contributed by atoms with Crippen molar-refractivity contribution in [2.24, 2.45) is 0 Å². The highest BCUT2D eigenvalue weighted by atomic mass is 16.2. The van der Waals surface area contributed by atoms with Gasteiger partial charge in [0.1, 0.15) is 5.82 Å². The van der Waals surface area contributed by atoms with Crippen LogP contribution in [0.5, 0.6) is 0 Å². The number of benzene rings is 1. The third-order valence-electron chi connectivity index (χ3n) is 3.83. The zero-order chi connectivity index (χ0) is 15.4. The molecular formula is C17H20N4O. The summed E-state index contributed by atoms with van der Waals surface area (Å²) in [6.45, 7) is 2.78. The summed E-state index contributed by atoms with van der Waals surface area (Å²) in [5, 5.41) is 6.25. The monoisotopic (exact) mass is 296 g/mol. The molecule has 22 heavy (non-hydrogen) atoms. The van der Waals surface area contributed by atoms with Gasteiger partial charge in [0.05, 0.1) is 11.7 Å². The fourth-order valence-corrected chi connectivity index (χ4v) is 2.68. The lowest BCUT2D eigenvalue weighted by atomic mass is 10.0. The van der Waals surface area contributed by atoms with Gasteiger partial charge < -0.3 is 10.6 Å². The summed E-state index contributed by atoms with van der Waals surface area (Å²) in [6.07, 6.45) is 4.89. The van der Waals surface area contributed by atoms with E-state index in [9.17, 15) is 4.79 Å². The molecule has 3 rings (SSSR count). The molecule has 1 amide bonds. The summed E-state index contributed by atoms with van der Waals surface area (Å²) in [5.74, 6) is 0.772. The highest BCUT2D eigenvalue weighted by molar-refractivity contribution is 5.95. The molecule has 114 valence electrons. The normalized spacial score (nSPS) is 18.0. The first kappa shape index (κ1) is 14.7. The third-order valence-corrected chi connectivity index (χ3v) is 3.83. The van der Waals surface area contributed by atoms with Crippen LogP contribution in [0, 0.1) is 6.92 Å². The summed E-state index contributed by atoms with van der Waals surface area (Å²) >= 11 is 0. The van der Waals surface area contributed by atoms with Gasteiger partial charge in [-0.05, 0) is 44.5 Å². The molecule has 1 fully saturated rings. The molecule has 1 saturated heterocycles. The van der Waals surface area contributed by atoms with Crippen molar-refractivity contribution in [3.63, 3.8) is 0 Å². The van der Waals surface area contributed by atoms with Gasteiger partial charge in [-0.2, -0.15) is 0 Å². The fourth-order valence-electron chi connectivity index (χ4n) is 2.68. The van der Waals surface area contributed by atoms with Gasteiger partial charge in [-0.1, -0.05) is 18.6 Å². The standard InChI is InChI=1S/C17H20N4O/c1-12-18-10-8-15(20-12)13-5-4-6-14(11-13)21-17(22)16-7-2-3-9-19-16/h4-6,8,10-11,16,19H,2-3,7,9H2,1H3,(H,21,22). The molecule has 5 heteroatoms. The van der Waals surface area contributed by atoms with Gasteiger partial charge in [0, 0.05) is 17.4 Å². The molecule has 0 spiro atoms. The third kappa shape index (κ3) is 3.49. The van der Waals surface area contributed by atoms with Crippen LogP contribution in [0.1, 0.15) is 25.1 Å². The van der Waals surface area contributed by atoms with E-state index in [4.69, 9.17) is 0 Å². The lowest BCUT2D eigenvalue weighted by Crippen LogP contribution is -2.43. The minimum atomic E-state index is -0.0845. The summed E-state index contributed by atoms with van der Waals surface area (Å²) < 4.78 is 0. The van der Waals surface area contributed by atoms with Crippen molar-refractivity contribution in [3.8, 4) is 11.3 Å². The second-order valence-corrected chi connectivity index (χ2v) is 5.56. The Balaban J connectivity index is 1.75. The lowest BCUT2D eigenvalue weighted by Gasteiger charge is -2.22. The highest BCUT2D eigenvalue weighted by Gasteiger charge is 2.20. The Labute approximate surface area is 130 Å². The molecule has 1 aliphatic rings. The molecule has 0 bridgehead atoms. The van der Waals surface area contributed by atoms with Crippen LogP contribution in [-0.4, -0.2) is 28.5 Å². The first-order chi connectivity index (χ1) is 10.7. The van der Waals surface area contributed by atoms with Crippen LogP contribution >= 0.6 is 0 Å². The maximum Gasteiger partial charge on any atom is 0.241 e. The number of aryl methyl sites for hydroxylation is 1. The van der Waals surface area contributed by atoms with Crippen LogP contribution in [0.15, 0.2) is 36.5 Å². The number of aromatic nitrogens is 2. The number of anilines is 1. The number of nitrogens with zero attached hydrogens (tertiary/aromatic N) is 2. The van der Waals surface area contributed by atoms with E-state index in [1.165, 1.54) is 0 Å². The summed E-state index contributed by atoms with van der Waals surface area (Å²) in [4.78, 5) is 20.8. The molecule has 1 aromatic heterocycles. The highest BCUT2D eigenvalue weighted by Crippen LogP contribution is 2.21. The van der Waals surface area contributed by atoms with Crippen LogP contribution in [0.2, 0.25) is 0 Å². The van der Waals surface area contributed by atoms with Crippen molar-refractivity contribution >= 4 is 11.6 Å². The summed E-state index contributed by atoms with van der Waals surface area (Å²) in [6, 6.07) is 9.54. The molecule has 1 aromatic carbocycles. The smallest absolute Gasteiger partial charge is 0.241 e. The van der Waals surface area contributed by atoms with Crippen molar-refractivity contribution in [2.75, 3.05) is 11.9 Å². The Hall–Kier alpha value is -2.27. The lowest BCUT2D eigenvalue weighted by molar-refractivity contribution is -0.118. The fraction of sp³-hybridized carbons (Fsp3) is 0.353. The Morgan fingerprint density at radius 2 is 2.23 bits per heavy atom. The maximum atomic E-state index is 12.3. The van der Waals surface area contributed by atoms with Gasteiger partial charge >= 0.3 is 0 Å². The molecule has 0 saturated carbocycles. The van der Waals surface area contributed by atoms with Gasteiger partial charge in [-0.3, -0.25) is 4.79 Å². The number of carbonyl (C=O) groups excluding carboxylic acids is 1. The van der Waals surface area contributed by atoms with Crippen LogP contribution in [0.4, 0.5) is 5.69 Å². The minimum Gasteiger partial charge on any atom is -0.325 e. The number of rotatable bonds is 3. The summed E-state index contributed by atoms with van der Waals surface area (Å²) in [7, 11) is 0. The quantitative estimate of drug-likeness (QED) is 0.913. The number of nitrogens with one attached hydrogen (secondary N) is 2. The average Bonchev–Trinajstić information content (AvgIpc) is 2.56. The van der Waals surface area contributed by atoms with Gasteiger partial charge in [0.15, 0.2) is 0 Å². The molecule has 2 heterocycles. The van der Waals surface area contributed by atoms with Gasteiger partial charge in [0.25, 0.3) is 0 Å². The second-order valence-electron chi connectivity index (χ2n) is 5.56. The topological polar surface area (TPSA) is 66.9 Å². The van der Waals surface area contributed by atoms with E-state index in [0.717, 1.165) is 48.6 Å². The van der Waals surface area contributed by atoms with Gasteiger partial charge in [0.2, 0.25) is 5.91 Å². The zero-order valence-corrected chi connectivity index (χ0v) is 12.7. The Morgan fingerprint density at radius 3 is 3.00 bits per heavy atom. The van der Waals surface area contributed by atoms with Crippen molar-refractivity contribution in [2.45, 2.75) is 32.2 Å². The number of piperidine rings is 1. The number of carbonyl (C=O) groups is 1. The maximum absolute atomic E-state index is 12.3. The van der Waals surface area contributed by atoms with Crippen LogP contribution in [0.3, 0.4) is 0 Å². The van der Waals surface area contributed by atoms with Crippen LogP contribution in [-0.2, 0) is 4.79 Å². The van der Waals surface area contributed by atoms with Crippen LogP contribution < -0.4 is 10.6 Å². The van der Waals surface area contributed by atoms with Crippen molar-refractivity contribution in [1.29, 1.82) is 0 Å². The van der Waals surface area contributed by atoms with Gasteiger partial charge in [-0.25, -0.2) is 9.97 Å². The van der Waals surface area contributed by atoms with E-state index in [1.807, 2.05) is 37.3 Å². The molecule has 1 unspecified atom stereocenters. The SMILES string of the molecule is Cc1nccc(-c2cccc(NC(=O)C3CCCCN3)c2)n1. The Morgan fingerprint density at radius 1 is 1.32 bits per heavy atom.